The van der Waals surface area contributed by atoms with Crippen molar-refractivity contribution in [2.24, 2.45) is 5.92 Å². The number of hydrogen-bond donors (Lipinski definition) is 1. The van der Waals surface area contributed by atoms with Gasteiger partial charge in [0.15, 0.2) is 0 Å². The summed E-state index contributed by atoms with van der Waals surface area (Å²) in [5, 5.41) is 0.772. The second-order valence-corrected chi connectivity index (χ2v) is 5.63. The van der Waals surface area contributed by atoms with Gasteiger partial charge in [0, 0.05) is 26.3 Å². The SMILES string of the molecule is [2H]C([2H])([N+]#[C-])C(=O)N1CC[C@@H](C)[C@@]([2H])(N(C)c2ncnc3[nH]ccc23)C1. The molecule has 1 fully saturated rings. The molecule has 0 saturated carbocycles. The number of piperidine rings is 1. The average molecular weight is 315 g/mol. The Kier molecular flexibility index (Phi) is 3.23. The van der Waals surface area contributed by atoms with Gasteiger partial charge in [-0.25, -0.2) is 16.5 Å². The Morgan fingerprint density at radius 1 is 1.70 bits per heavy atom. The Morgan fingerprint density at radius 2 is 2.52 bits per heavy atom. The summed E-state index contributed by atoms with van der Waals surface area (Å²) in [4.78, 5) is 29.6. The van der Waals surface area contributed by atoms with E-state index in [1.54, 1.807) is 18.1 Å². The molecule has 0 bridgehead atoms. The van der Waals surface area contributed by atoms with Crippen LogP contribution in [0.3, 0.4) is 0 Å². The normalized spacial score (nSPS) is 26.9. The molecule has 1 N–H and O–H groups in total. The van der Waals surface area contributed by atoms with Crippen LogP contribution in [0.4, 0.5) is 5.82 Å². The number of rotatable bonds is 3. The quantitative estimate of drug-likeness (QED) is 0.873. The largest absolute Gasteiger partial charge is 0.354 e. The molecule has 0 radical (unpaired) electrons. The van der Waals surface area contributed by atoms with Crippen molar-refractivity contribution < 1.29 is 8.91 Å². The van der Waals surface area contributed by atoms with Gasteiger partial charge in [0.25, 0.3) is 6.50 Å². The van der Waals surface area contributed by atoms with Crippen molar-refractivity contribution in [1.82, 2.24) is 19.9 Å². The number of nitrogens with zero attached hydrogens (tertiary/aromatic N) is 5. The second kappa shape index (κ2) is 6.24. The third kappa shape index (κ3) is 2.84. The molecular formula is C16H20N6O. The molecule has 0 unspecified atom stereocenters. The molecule has 0 aliphatic carbocycles. The second-order valence-electron chi connectivity index (χ2n) is 5.63. The minimum Gasteiger partial charge on any atom is -0.354 e. The van der Waals surface area contributed by atoms with Gasteiger partial charge in [0.05, 0.1) is 12.8 Å². The van der Waals surface area contributed by atoms with Gasteiger partial charge < -0.3 is 19.6 Å². The van der Waals surface area contributed by atoms with Gasteiger partial charge >= 0.3 is 5.91 Å². The number of amides is 1. The number of aromatic nitrogens is 3. The summed E-state index contributed by atoms with van der Waals surface area (Å²) in [6, 6.07) is 0.628. The summed E-state index contributed by atoms with van der Waals surface area (Å²) in [7, 11) is 1.75. The summed E-state index contributed by atoms with van der Waals surface area (Å²) >= 11 is 0. The number of anilines is 1. The summed E-state index contributed by atoms with van der Waals surface area (Å²) in [6.07, 6.45) is 3.70. The van der Waals surface area contributed by atoms with Crippen LogP contribution in [0.15, 0.2) is 18.6 Å². The van der Waals surface area contributed by atoms with Gasteiger partial charge in [-0.05, 0) is 18.4 Å². The number of carbonyl (C=O) groups excluding carboxylic acids is 1. The van der Waals surface area contributed by atoms with E-state index in [0.717, 1.165) is 5.39 Å². The van der Waals surface area contributed by atoms with Crippen molar-refractivity contribution in [3.05, 3.63) is 30.0 Å². The molecule has 3 heterocycles. The van der Waals surface area contributed by atoms with Gasteiger partial charge in [0.1, 0.15) is 20.5 Å². The van der Waals surface area contributed by atoms with Crippen molar-refractivity contribution in [3.63, 3.8) is 0 Å². The van der Waals surface area contributed by atoms with E-state index in [2.05, 4.69) is 19.8 Å². The van der Waals surface area contributed by atoms with Gasteiger partial charge in [-0.1, -0.05) is 6.92 Å². The maximum Gasteiger partial charge on any atom is 0.302 e. The zero-order chi connectivity index (χ0) is 19.1. The Labute approximate surface area is 139 Å². The molecule has 1 aliphatic rings. The lowest BCUT2D eigenvalue weighted by molar-refractivity contribution is -0.130. The fourth-order valence-corrected chi connectivity index (χ4v) is 2.94. The van der Waals surface area contributed by atoms with E-state index in [1.165, 1.54) is 11.2 Å². The van der Waals surface area contributed by atoms with Gasteiger partial charge in [0.2, 0.25) is 0 Å². The summed E-state index contributed by atoms with van der Waals surface area (Å²) in [5.41, 5.74) is 0.659. The van der Waals surface area contributed by atoms with E-state index in [0.29, 0.717) is 24.4 Å². The van der Waals surface area contributed by atoms with Crippen LogP contribution < -0.4 is 4.90 Å². The first-order chi connectivity index (χ1) is 12.2. The predicted octanol–water partition coefficient (Wildman–Crippen LogP) is 1.55. The fourth-order valence-electron chi connectivity index (χ4n) is 2.94. The van der Waals surface area contributed by atoms with Crippen LogP contribution >= 0.6 is 0 Å². The summed E-state index contributed by atoms with van der Waals surface area (Å²) in [6.45, 7) is 6.56. The molecule has 7 heteroatoms. The lowest BCUT2D eigenvalue weighted by atomic mass is 9.92. The van der Waals surface area contributed by atoms with Crippen LogP contribution in [0.2, 0.25) is 0 Å². The van der Waals surface area contributed by atoms with Gasteiger partial charge in [-0.3, -0.25) is 4.79 Å². The van der Waals surface area contributed by atoms with Crippen molar-refractivity contribution >= 4 is 22.8 Å². The molecule has 2 aromatic rings. The van der Waals surface area contributed by atoms with Crippen molar-refractivity contribution in [1.29, 1.82) is 0 Å². The van der Waals surface area contributed by atoms with E-state index >= 15 is 0 Å². The molecule has 0 aromatic carbocycles. The topological polar surface area (TPSA) is 69.5 Å². The number of hydrogen-bond acceptors (Lipinski definition) is 4. The van der Waals surface area contributed by atoms with Crippen LogP contribution in [0.5, 0.6) is 0 Å². The van der Waals surface area contributed by atoms with E-state index in [9.17, 15) is 4.79 Å². The minimum absolute atomic E-state index is 0.00551. The molecule has 120 valence electrons. The maximum atomic E-state index is 12.4. The third-order valence-electron chi connectivity index (χ3n) is 4.27. The molecule has 23 heavy (non-hydrogen) atoms. The van der Waals surface area contributed by atoms with Crippen molar-refractivity contribution in [2.45, 2.75) is 19.4 Å². The monoisotopic (exact) mass is 315 g/mol. The van der Waals surface area contributed by atoms with Crippen LogP contribution in [0, 0.1) is 12.5 Å². The lowest BCUT2D eigenvalue weighted by Crippen LogP contribution is -2.53. The van der Waals surface area contributed by atoms with Crippen molar-refractivity contribution in [2.75, 3.05) is 31.5 Å². The third-order valence-corrected chi connectivity index (χ3v) is 4.27. The Hall–Kier alpha value is -2.62. The summed E-state index contributed by atoms with van der Waals surface area (Å²) in [5.74, 6) is -0.404. The molecule has 7 nitrogen and oxygen atoms in total. The smallest absolute Gasteiger partial charge is 0.302 e. The van der Waals surface area contributed by atoms with E-state index < -0.39 is 18.4 Å². The fraction of sp³-hybridized carbons (Fsp3) is 0.500. The summed E-state index contributed by atoms with van der Waals surface area (Å²) < 4.78 is 24.2. The number of H-pyrrole nitrogens is 1. The standard InChI is InChI=1S/C16H20N6O/c1-11-5-7-22(14(23)8-17-2)9-13(11)21(3)16-12-4-6-18-15(12)19-10-20-16/h4,6,10-11,13H,5,7-9H2,1,3H3,(H,18,19,20)/t11-,13+/m1/s1/i8D2,13D. The first-order valence-electron chi connectivity index (χ1n) is 8.90. The van der Waals surface area contributed by atoms with E-state index in [4.69, 9.17) is 10.7 Å². The molecule has 3 rings (SSSR count). The highest BCUT2D eigenvalue weighted by atomic mass is 16.2. The maximum absolute atomic E-state index is 12.4. The first-order valence-corrected chi connectivity index (χ1v) is 7.40. The van der Waals surface area contributed by atoms with Crippen LogP contribution in [-0.4, -0.2) is 58.4 Å². The number of fused-ring (bicyclic) bond motifs is 1. The highest BCUT2D eigenvalue weighted by molar-refractivity contribution is 5.87. The van der Waals surface area contributed by atoms with Crippen LogP contribution in [-0.2, 0) is 4.79 Å². The first kappa shape index (κ1) is 11.9. The molecule has 2 atom stereocenters. The Bertz CT molecular complexity index is 878. The number of nitrogens with one attached hydrogen (secondary N) is 1. The van der Waals surface area contributed by atoms with Crippen LogP contribution in [0.1, 0.15) is 17.5 Å². The molecule has 1 amide bonds. The molecule has 1 saturated heterocycles. The minimum atomic E-state index is -2.61. The predicted molar refractivity (Wildman–Crippen MR) is 87.9 cm³/mol. The average Bonchev–Trinajstić information content (AvgIpc) is 3.11. The zero-order valence-electron chi connectivity index (χ0n) is 16.1. The van der Waals surface area contributed by atoms with Crippen molar-refractivity contribution in [3.8, 4) is 0 Å². The number of likely N-dealkylation sites (tertiary alicyclic amines) is 1. The zero-order valence-corrected chi connectivity index (χ0v) is 13.1. The molecular weight excluding hydrogens is 292 g/mol. The van der Waals surface area contributed by atoms with Gasteiger partial charge in [-0.15, -0.1) is 0 Å². The van der Waals surface area contributed by atoms with E-state index in [-0.39, 0.29) is 12.5 Å². The molecule has 1 aliphatic heterocycles. The van der Waals surface area contributed by atoms with Gasteiger partial charge in [-0.2, -0.15) is 0 Å². The highest BCUT2D eigenvalue weighted by Gasteiger charge is 2.33. The highest BCUT2D eigenvalue weighted by Crippen LogP contribution is 2.28. The number of likely N-dealkylation sites (N-methyl/N-ethyl adjacent to an activating group) is 1. The lowest BCUT2D eigenvalue weighted by Gasteiger charge is -2.41. The molecule has 2 aromatic heterocycles. The number of aromatic amines is 1. The molecule has 0 spiro atoms. The van der Waals surface area contributed by atoms with Crippen LogP contribution in [0.25, 0.3) is 15.9 Å². The van der Waals surface area contributed by atoms with E-state index in [1.807, 2.05) is 13.0 Å². The number of carbonyl (C=O) groups is 1. The Morgan fingerprint density at radius 3 is 3.30 bits per heavy atom. The Balaban J connectivity index is 1.95.